The van der Waals surface area contributed by atoms with Crippen LogP contribution in [0.4, 0.5) is 0 Å². The summed E-state index contributed by atoms with van der Waals surface area (Å²) in [4.78, 5) is 28.6. The van der Waals surface area contributed by atoms with Crippen molar-refractivity contribution in [1.29, 1.82) is 0 Å². The summed E-state index contributed by atoms with van der Waals surface area (Å²) >= 11 is 0. The van der Waals surface area contributed by atoms with Crippen LogP contribution in [0, 0.1) is 17.3 Å². The number of amides is 2. The van der Waals surface area contributed by atoms with E-state index >= 15 is 0 Å². The van der Waals surface area contributed by atoms with E-state index in [1.54, 1.807) is 0 Å². The molecule has 3 fully saturated rings. The fourth-order valence-corrected chi connectivity index (χ4v) is 4.85. The Balaban J connectivity index is 1.63. The molecule has 2 aliphatic heterocycles. The van der Waals surface area contributed by atoms with E-state index in [2.05, 4.69) is 25.3 Å². The van der Waals surface area contributed by atoms with Crippen molar-refractivity contribution in [1.82, 2.24) is 9.80 Å². The van der Waals surface area contributed by atoms with Crippen molar-refractivity contribution in [3.63, 3.8) is 0 Å². The normalized spacial score (nSPS) is 31.2. The number of nitrogens with zero attached hydrogens (tertiary/aromatic N) is 2. The number of likely N-dealkylation sites (tertiary alicyclic amines) is 2. The summed E-state index contributed by atoms with van der Waals surface area (Å²) in [6.07, 6.45) is 6.67. The first kappa shape index (κ1) is 15.6. The molecule has 0 aromatic heterocycles. The lowest BCUT2D eigenvalue weighted by atomic mass is 9.80. The number of carbonyl (C=O) groups excluding carboxylic acids is 2. The summed E-state index contributed by atoms with van der Waals surface area (Å²) in [5, 5.41) is 0. The van der Waals surface area contributed by atoms with Gasteiger partial charge in [0.25, 0.3) is 0 Å². The van der Waals surface area contributed by atoms with Crippen LogP contribution in [0.15, 0.2) is 12.7 Å². The number of hydrogen-bond acceptors (Lipinski definition) is 2. The predicted molar refractivity (Wildman–Crippen MR) is 86.1 cm³/mol. The Bertz CT molecular complexity index is 477. The van der Waals surface area contributed by atoms with Crippen molar-refractivity contribution in [3.05, 3.63) is 12.7 Å². The average Bonchev–Trinajstić information content (AvgIpc) is 3.09. The van der Waals surface area contributed by atoms with Crippen molar-refractivity contribution in [2.75, 3.05) is 19.6 Å². The molecule has 4 heteroatoms. The molecule has 122 valence electrons. The minimum absolute atomic E-state index is 0.0101. The van der Waals surface area contributed by atoms with E-state index in [0.717, 1.165) is 19.4 Å². The Kier molecular flexibility index (Phi) is 4.04. The van der Waals surface area contributed by atoms with E-state index in [1.807, 2.05) is 4.90 Å². The first-order chi connectivity index (χ1) is 10.4. The molecule has 22 heavy (non-hydrogen) atoms. The molecule has 2 heterocycles. The van der Waals surface area contributed by atoms with Gasteiger partial charge in [-0.3, -0.25) is 9.59 Å². The zero-order valence-corrected chi connectivity index (χ0v) is 13.9. The summed E-state index contributed by atoms with van der Waals surface area (Å²) in [6.45, 7) is 10.5. The minimum atomic E-state index is -0.0101. The van der Waals surface area contributed by atoms with Crippen LogP contribution in [0.25, 0.3) is 0 Å². The van der Waals surface area contributed by atoms with Crippen LogP contribution < -0.4 is 0 Å². The Morgan fingerprint density at radius 3 is 2.45 bits per heavy atom. The standard InChI is InChI=1S/C18H28N2O2/c1-4-16(21)19-10-8-13(9-11-19)17(22)20-12-18(2,3)14-6-5-7-15(14)20/h4,13-15H,1,5-12H2,2-3H3/t14-,15+/m0/s1. The SMILES string of the molecule is C=CC(=O)N1CCC(C(=O)N2CC(C)(C)[C@H]3CCC[C@H]32)CC1. The molecule has 0 spiro atoms. The van der Waals surface area contributed by atoms with E-state index in [0.29, 0.717) is 31.0 Å². The Morgan fingerprint density at radius 2 is 1.82 bits per heavy atom. The highest BCUT2D eigenvalue weighted by Gasteiger charge is 2.51. The van der Waals surface area contributed by atoms with E-state index in [9.17, 15) is 9.59 Å². The largest absolute Gasteiger partial charge is 0.339 e. The third-order valence-electron chi connectivity index (χ3n) is 6.08. The van der Waals surface area contributed by atoms with Crippen molar-refractivity contribution >= 4 is 11.8 Å². The van der Waals surface area contributed by atoms with Crippen LogP contribution in [0.5, 0.6) is 0 Å². The van der Waals surface area contributed by atoms with Crippen molar-refractivity contribution in [3.8, 4) is 0 Å². The first-order valence-corrected chi connectivity index (χ1v) is 8.66. The average molecular weight is 304 g/mol. The molecule has 0 bridgehead atoms. The van der Waals surface area contributed by atoms with Gasteiger partial charge in [0.15, 0.2) is 0 Å². The monoisotopic (exact) mass is 304 g/mol. The Morgan fingerprint density at radius 1 is 1.14 bits per heavy atom. The number of carbonyl (C=O) groups is 2. The number of rotatable bonds is 2. The molecule has 3 aliphatic rings. The molecule has 0 aromatic carbocycles. The van der Waals surface area contributed by atoms with E-state index in [4.69, 9.17) is 0 Å². The van der Waals surface area contributed by atoms with Gasteiger partial charge in [0.1, 0.15) is 0 Å². The molecule has 2 saturated heterocycles. The smallest absolute Gasteiger partial charge is 0.245 e. The van der Waals surface area contributed by atoms with E-state index < -0.39 is 0 Å². The van der Waals surface area contributed by atoms with Gasteiger partial charge >= 0.3 is 0 Å². The lowest BCUT2D eigenvalue weighted by Gasteiger charge is -2.34. The molecule has 4 nitrogen and oxygen atoms in total. The molecule has 0 radical (unpaired) electrons. The summed E-state index contributed by atoms with van der Waals surface area (Å²) < 4.78 is 0. The molecule has 0 unspecified atom stereocenters. The number of hydrogen-bond donors (Lipinski definition) is 0. The predicted octanol–water partition coefficient (Wildman–Crippen LogP) is 2.45. The van der Waals surface area contributed by atoms with Crippen molar-refractivity contribution in [2.45, 2.75) is 52.0 Å². The van der Waals surface area contributed by atoms with Gasteiger partial charge in [-0.1, -0.05) is 26.8 Å². The molecular weight excluding hydrogens is 276 g/mol. The minimum Gasteiger partial charge on any atom is -0.339 e. The van der Waals surface area contributed by atoms with Crippen LogP contribution in [-0.4, -0.2) is 47.3 Å². The van der Waals surface area contributed by atoms with E-state index in [-0.39, 0.29) is 17.2 Å². The highest BCUT2D eigenvalue weighted by molar-refractivity contribution is 5.87. The second kappa shape index (κ2) is 5.71. The molecule has 1 aliphatic carbocycles. The molecule has 2 amide bonds. The topological polar surface area (TPSA) is 40.6 Å². The second-order valence-corrected chi connectivity index (χ2v) is 7.86. The molecule has 3 rings (SSSR count). The maximum atomic E-state index is 13.0. The third kappa shape index (κ3) is 2.57. The summed E-state index contributed by atoms with van der Waals surface area (Å²) in [5.41, 5.74) is 0.260. The fourth-order valence-electron chi connectivity index (χ4n) is 4.85. The fraction of sp³-hybridized carbons (Fsp3) is 0.778. The maximum absolute atomic E-state index is 13.0. The molecule has 0 aromatic rings. The maximum Gasteiger partial charge on any atom is 0.245 e. The molecule has 0 N–H and O–H groups in total. The van der Waals surface area contributed by atoms with Gasteiger partial charge in [0.2, 0.25) is 11.8 Å². The van der Waals surface area contributed by atoms with Crippen LogP contribution in [0.2, 0.25) is 0 Å². The summed E-state index contributed by atoms with van der Waals surface area (Å²) in [6, 6.07) is 0.468. The number of piperidine rings is 1. The van der Waals surface area contributed by atoms with Crippen LogP contribution in [0.1, 0.15) is 46.0 Å². The Hall–Kier alpha value is -1.32. The quantitative estimate of drug-likeness (QED) is 0.735. The summed E-state index contributed by atoms with van der Waals surface area (Å²) in [5.74, 6) is 1.11. The van der Waals surface area contributed by atoms with Gasteiger partial charge in [-0.25, -0.2) is 0 Å². The van der Waals surface area contributed by atoms with Gasteiger partial charge in [0, 0.05) is 31.6 Å². The molecule has 2 atom stereocenters. The molecular formula is C18H28N2O2. The lowest BCUT2D eigenvalue weighted by Crippen LogP contribution is -2.45. The Labute approximate surface area is 133 Å². The lowest BCUT2D eigenvalue weighted by molar-refractivity contribution is -0.140. The van der Waals surface area contributed by atoms with Gasteiger partial charge in [-0.2, -0.15) is 0 Å². The van der Waals surface area contributed by atoms with Gasteiger partial charge < -0.3 is 9.80 Å². The highest BCUT2D eigenvalue weighted by atomic mass is 16.2. The second-order valence-electron chi connectivity index (χ2n) is 7.86. The van der Waals surface area contributed by atoms with E-state index in [1.165, 1.54) is 25.3 Å². The highest BCUT2D eigenvalue weighted by Crippen LogP contribution is 2.49. The molecule has 1 saturated carbocycles. The third-order valence-corrected chi connectivity index (χ3v) is 6.08. The van der Waals surface area contributed by atoms with Gasteiger partial charge in [-0.15, -0.1) is 0 Å². The zero-order valence-electron chi connectivity index (χ0n) is 13.9. The van der Waals surface area contributed by atoms with Crippen LogP contribution in [0.3, 0.4) is 0 Å². The van der Waals surface area contributed by atoms with Gasteiger partial charge in [0.05, 0.1) is 0 Å². The zero-order chi connectivity index (χ0) is 15.9. The number of fused-ring (bicyclic) bond motifs is 1. The summed E-state index contributed by atoms with van der Waals surface area (Å²) in [7, 11) is 0. The van der Waals surface area contributed by atoms with Crippen molar-refractivity contribution in [2.24, 2.45) is 17.3 Å². The van der Waals surface area contributed by atoms with Crippen LogP contribution >= 0.6 is 0 Å². The first-order valence-electron chi connectivity index (χ1n) is 8.66. The van der Waals surface area contributed by atoms with Crippen LogP contribution in [-0.2, 0) is 9.59 Å². The van der Waals surface area contributed by atoms with Crippen molar-refractivity contribution < 1.29 is 9.59 Å². The van der Waals surface area contributed by atoms with Gasteiger partial charge in [-0.05, 0) is 43.1 Å².